The van der Waals surface area contributed by atoms with Crippen LogP contribution < -0.4 is 14.8 Å². The molecular formula is C36H49IN2O7. The van der Waals surface area contributed by atoms with E-state index in [4.69, 9.17) is 9.47 Å². The summed E-state index contributed by atoms with van der Waals surface area (Å²) in [6.07, 6.45) is 10.8. The zero-order chi connectivity index (χ0) is 33.3. The third-order valence-electron chi connectivity index (χ3n) is 8.27. The van der Waals surface area contributed by atoms with Gasteiger partial charge in [0.2, 0.25) is 11.8 Å². The lowest BCUT2D eigenvalue weighted by molar-refractivity contribution is -0.139. The van der Waals surface area contributed by atoms with Crippen molar-refractivity contribution in [2.75, 3.05) is 20.3 Å². The number of aliphatic hydroxyl groups excluding tert-OH is 2. The van der Waals surface area contributed by atoms with Crippen LogP contribution in [0, 0.1) is 3.57 Å². The molecular weight excluding hydrogens is 699 g/mol. The minimum absolute atomic E-state index is 0.0685. The summed E-state index contributed by atoms with van der Waals surface area (Å²) in [7, 11) is 1.46. The Morgan fingerprint density at radius 1 is 1.04 bits per heavy atom. The van der Waals surface area contributed by atoms with Crippen LogP contribution in [0.15, 0.2) is 54.1 Å². The van der Waals surface area contributed by atoms with Crippen molar-refractivity contribution in [1.29, 1.82) is 0 Å². The molecule has 0 heterocycles. The summed E-state index contributed by atoms with van der Waals surface area (Å²) < 4.78 is 12.4. The minimum Gasteiger partial charge on any atom is -0.493 e. The molecule has 10 heteroatoms. The highest BCUT2D eigenvalue weighted by atomic mass is 127. The van der Waals surface area contributed by atoms with Gasteiger partial charge in [0.05, 0.1) is 23.3 Å². The summed E-state index contributed by atoms with van der Waals surface area (Å²) in [5, 5.41) is 23.8. The molecule has 3 N–H and O–H groups in total. The van der Waals surface area contributed by atoms with Gasteiger partial charge in [0.15, 0.2) is 11.5 Å². The Morgan fingerprint density at radius 3 is 2.35 bits per heavy atom. The highest BCUT2D eigenvalue weighted by Gasteiger charge is 2.41. The summed E-state index contributed by atoms with van der Waals surface area (Å²) in [6.45, 7) is 2.33. The number of unbranched alkanes of at least 4 members (excludes halogenated alkanes) is 8. The van der Waals surface area contributed by atoms with Crippen LogP contribution in [-0.2, 0) is 16.1 Å². The fraction of sp³-hybridized carbons (Fsp3) is 0.528. The Morgan fingerprint density at radius 2 is 1.72 bits per heavy atom. The van der Waals surface area contributed by atoms with Crippen molar-refractivity contribution in [1.82, 2.24) is 10.2 Å². The van der Waals surface area contributed by atoms with Crippen LogP contribution in [-0.4, -0.2) is 71.7 Å². The summed E-state index contributed by atoms with van der Waals surface area (Å²) in [5.41, 5.74) is 1.67. The van der Waals surface area contributed by atoms with Crippen LogP contribution in [0.4, 0.5) is 0 Å². The predicted molar refractivity (Wildman–Crippen MR) is 187 cm³/mol. The van der Waals surface area contributed by atoms with Crippen LogP contribution >= 0.6 is 22.6 Å². The maximum Gasteiger partial charge on any atom is 0.247 e. The monoisotopic (exact) mass is 748 g/mol. The highest BCUT2D eigenvalue weighted by molar-refractivity contribution is 14.1. The van der Waals surface area contributed by atoms with E-state index < -0.39 is 24.2 Å². The summed E-state index contributed by atoms with van der Waals surface area (Å²) >= 11 is 2.04. The number of carbonyl (C=O) groups is 3. The van der Waals surface area contributed by atoms with E-state index in [1.165, 1.54) is 45.6 Å². The SMILES string of the molecule is CCCCCCCCCCCC(=O)N(Cc1ccccc1)[C@@H]1CC(C(=O)NCCO)=C[C@H](Oc2c(I)cc(C=O)cc2OC)[C@H]1O. The van der Waals surface area contributed by atoms with Gasteiger partial charge in [-0.2, -0.15) is 0 Å². The molecule has 3 atom stereocenters. The highest BCUT2D eigenvalue weighted by Crippen LogP contribution is 2.37. The van der Waals surface area contributed by atoms with Crippen molar-refractivity contribution in [3.8, 4) is 11.5 Å². The van der Waals surface area contributed by atoms with E-state index in [9.17, 15) is 24.6 Å². The quantitative estimate of drug-likeness (QED) is 0.0866. The van der Waals surface area contributed by atoms with Crippen LogP contribution in [0.3, 0.4) is 0 Å². The number of aldehydes is 1. The Hall–Kier alpha value is -2.96. The number of benzene rings is 2. The number of carbonyl (C=O) groups excluding carboxylic acids is 3. The molecule has 9 nitrogen and oxygen atoms in total. The number of nitrogens with zero attached hydrogens (tertiary/aromatic N) is 1. The average Bonchev–Trinajstić information content (AvgIpc) is 3.07. The van der Waals surface area contributed by atoms with Gasteiger partial charge in [-0.25, -0.2) is 0 Å². The summed E-state index contributed by atoms with van der Waals surface area (Å²) in [6, 6.07) is 12.0. The number of hydrogen-bond acceptors (Lipinski definition) is 7. The van der Waals surface area contributed by atoms with E-state index in [2.05, 4.69) is 12.2 Å². The van der Waals surface area contributed by atoms with Crippen molar-refractivity contribution in [3.63, 3.8) is 0 Å². The molecule has 0 spiro atoms. The van der Waals surface area contributed by atoms with E-state index in [1.54, 1.807) is 23.1 Å². The second kappa shape index (κ2) is 20.3. The Balaban J connectivity index is 1.85. The Bertz CT molecular complexity index is 1290. The van der Waals surface area contributed by atoms with Crippen molar-refractivity contribution in [3.05, 3.63) is 68.8 Å². The number of methoxy groups -OCH3 is 1. The Kier molecular flexibility index (Phi) is 16.6. The largest absolute Gasteiger partial charge is 0.493 e. The van der Waals surface area contributed by atoms with Gasteiger partial charge < -0.3 is 29.9 Å². The van der Waals surface area contributed by atoms with Crippen molar-refractivity contribution in [2.45, 2.75) is 102 Å². The van der Waals surface area contributed by atoms with Gasteiger partial charge >= 0.3 is 0 Å². The summed E-state index contributed by atoms with van der Waals surface area (Å²) in [5.74, 6) is 0.142. The van der Waals surface area contributed by atoms with E-state index in [0.717, 1.165) is 24.8 Å². The molecule has 3 rings (SSSR count). The first-order chi connectivity index (χ1) is 22.3. The second-order valence-corrected chi connectivity index (χ2v) is 12.9. The van der Waals surface area contributed by atoms with Gasteiger partial charge in [-0.05, 0) is 52.8 Å². The van der Waals surface area contributed by atoms with Crippen molar-refractivity contribution >= 4 is 40.7 Å². The molecule has 2 aromatic carbocycles. The third-order valence-corrected chi connectivity index (χ3v) is 9.07. The fourth-order valence-corrected chi connectivity index (χ4v) is 6.49. The molecule has 252 valence electrons. The molecule has 1 aliphatic carbocycles. The predicted octanol–water partition coefficient (Wildman–Crippen LogP) is 5.98. The number of halogens is 1. The maximum atomic E-state index is 13.9. The van der Waals surface area contributed by atoms with Crippen molar-refractivity contribution in [2.24, 2.45) is 0 Å². The lowest BCUT2D eigenvalue weighted by Crippen LogP contribution is -2.54. The molecule has 0 bridgehead atoms. The van der Waals surface area contributed by atoms with E-state index in [-0.39, 0.29) is 32.0 Å². The number of hydrogen-bond donors (Lipinski definition) is 3. The van der Waals surface area contributed by atoms with Gasteiger partial charge in [-0.15, -0.1) is 0 Å². The standard InChI is InChI=1S/C36H49IN2O7/c1-3-4-5-6-7-8-9-10-14-17-33(42)39(24-26-15-12-11-13-16-26)30-22-28(36(44)38-18-19-40)23-31(34(30)43)46-35-29(37)20-27(25-41)21-32(35)45-2/h11-13,15-16,20-21,23,25,30-31,34,40,43H,3-10,14,17-19,22,24H2,1-2H3,(H,38,44)/t30-,31+,34+/m1/s1. The van der Waals surface area contributed by atoms with Gasteiger partial charge in [0, 0.05) is 37.1 Å². The molecule has 0 radical (unpaired) electrons. The number of nitrogens with one attached hydrogen (secondary N) is 1. The van der Waals surface area contributed by atoms with Gasteiger partial charge in [0.25, 0.3) is 0 Å². The van der Waals surface area contributed by atoms with E-state index in [1.807, 2.05) is 52.9 Å². The first-order valence-corrected chi connectivity index (χ1v) is 17.5. The molecule has 0 aliphatic heterocycles. The number of rotatable bonds is 20. The molecule has 2 aromatic rings. The van der Waals surface area contributed by atoms with Crippen LogP contribution in [0.2, 0.25) is 0 Å². The second-order valence-electron chi connectivity index (χ2n) is 11.8. The molecule has 2 amide bonds. The summed E-state index contributed by atoms with van der Waals surface area (Å²) in [4.78, 5) is 40.2. The molecule has 0 saturated carbocycles. The minimum atomic E-state index is -1.17. The molecule has 46 heavy (non-hydrogen) atoms. The fourth-order valence-electron chi connectivity index (χ4n) is 5.74. The first kappa shape index (κ1) is 37.5. The van der Waals surface area contributed by atoms with Crippen LogP contribution in [0.25, 0.3) is 0 Å². The van der Waals surface area contributed by atoms with Crippen LogP contribution in [0.1, 0.15) is 93.5 Å². The normalized spacial score (nSPS) is 17.6. The third kappa shape index (κ3) is 11.4. The topological polar surface area (TPSA) is 125 Å². The zero-order valence-corrected chi connectivity index (χ0v) is 29.2. The number of ether oxygens (including phenoxy) is 2. The zero-order valence-electron chi connectivity index (χ0n) is 27.1. The first-order valence-electron chi connectivity index (χ1n) is 16.4. The lowest BCUT2D eigenvalue weighted by Gasteiger charge is -2.41. The lowest BCUT2D eigenvalue weighted by atomic mass is 9.87. The molecule has 0 fully saturated rings. The number of aliphatic hydroxyl groups is 2. The average molecular weight is 749 g/mol. The molecule has 0 unspecified atom stereocenters. The maximum absolute atomic E-state index is 13.9. The van der Waals surface area contributed by atoms with Gasteiger partial charge in [-0.1, -0.05) is 88.6 Å². The molecule has 0 aromatic heterocycles. The van der Waals surface area contributed by atoms with E-state index in [0.29, 0.717) is 38.9 Å². The van der Waals surface area contributed by atoms with Gasteiger partial charge in [-0.3, -0.25) is 14.4 Å². The smallest absolute Gasteiger partial charge is 0.247 e. The number of amides is 2. The van der Waals surface area contributed by atoms with E-state index >= 15 is 0 Å². The molecule has 1 aliphatic rings. The van der Waals surface area contributed by atoms with Crippen LogP contribution in [0.5, 0.6) is 11.5 Å². The Labute approximate surface area is 286 Å². The molecule has 0 saturated heterocycles. The van der Waals surface area contributed by atoms with Gasteiger partial charge in [0.1, 0.15) is 18.5 Å². The van der Waals surface area contributed by atoms with Crippen molar-refractivity contribution < 1.29 is 34.1 Å².